The molecule has 0 unspecified atom stereocenters. The zero-order chi connectivity index (χ0) is 15.0. The number of fused-ring (bicyclic) bond motifs is 1. The molecule has 108 valence electrons. The average Bonchev–Trinajstić information content (AvgIpc) is 2.90. The van der Waals surface area contributed by atoms with Gasteiger partial charge in [-0.05, 0) is 61.4 Å². The van der Waals surface area contributed by atoms with Gasteiger partial charge in [0.15, 0.2) is 0 Å². The summed E-state index contributed by atoms with van der Waals surface area (Å²) in [5.41, 5.74) is 3.68. The first-order chi connectivity index (χ1) is 9.95. The standard InChI is InChI=1S/C16H16N2O2S/c1-11-3-4-14(9-12(11)2)18-21(19,20)15-5-6-16-13(10-15)7-8-17-16/h3-10,17-18H,1-2H3. The van der Waals surface area contributed by atoms with Gasteiger partial charge in [0.1, 0.15) is 0 Å². The van der Waals surface area contributed by atoms with Gasteiger partial charge in [0.25, 0.3) is 10.0 Å². The molecule has 0 aliphatic rings. The normalized spacial score (nSPS) is 11.7. The summed E-state index contributed by atoms with van der Waals surface area (Å²) in [4.78, 5) is 3.30. The molecule has 3 aromatic rings. The van der Waals surface area contributed by atoms with E-state index >= 15 is 0 Å². The first-order valence-corrected chi connectivity index (χ1v) is 8.11. The summed E-state index contributed by atoms with van der Waals surface area (Å²) < 4.78 is 27.5. The predicted molar refractivity (Wildman–Crippen MR) is 85.0 cm³/mol. The molecule has 0 aliphatic heterocycles. The van der Waals surface area contributed by atoms with Crippen LogP contribution >= 0.6 is 0 Å². The molecule has 2 N–H and O–H groups in total. The Morgan fingerprint density at radius 3 is 2.52 bits per heavy atom. The molecule has 0 amide bonds. The molecule has 1 aromatic heterocycles. The smallest absolute Gasteiger partial charge is 0.261 e. The highest BCUT2D eigenvalue weighted by molar-refractivity contribution is 7.92. The van der Waals surface area contributed by atoms with Crippen molar-refractivity contribution in [3.63, 3.8) is 0 Å². The largest absolute Gasteiger partial charge is 0.361 e. The van der Waals surface area contributed by atoms with E-state index in [1.54, 1.807) is 30.5 Å². The molecular formula is C16H16N2O2S. The van der Waals surface area contributed by atoms with Crippen LogP contribution in [0.3, 0.4) is 0 Å². The van der Waals surface area contributed by atoms with Crippen LogP contribution in [0.15, 0.2) is 53.6 Å². The maximum Gasteiger partial charge on any atom is 0.261 e. The maximum absolute atomic E-state index is 12.4. The van der Waals surface area contributed by atoms with E-state index in [0.717, 1.165) is 22.0 Å². The SMILES string of the molecule is Cc1ccc(NS(=O)(=O)c2ccc3[nH]ccc3c2)cc1C. The van der Waals surface area contributed by atoms with E-state index in [4.69, 9.17) is 0 Å². The van der Waals surface area contributed by atoms with Crippen LogP contribution in [0.1, 0.15) is 11.1 Å². The van der Waals surface area contributed by atoms with Gasteiger partial charge in [-0.2, -0.15) is 0 Å². The second kappa shape index (κ2) is 4.93. The number of H-pyrrole nitrogens is 1. The van der Waals surface area contributed by atoms with Crippen LogP contribution in [0.2, 0.25) is 0 Å². The number of rotatable bonds is 3. The summed E-state index contributed by atoms with van der Waals surface area (Å²) in [6, 6.07) is 12.4. The van der Waals surface area contributed by atoms with Gasteiger partial charge in [0.2, 0.25) is 0 Å². The third kappa shape index (κ3) is 2.64. The lowest BCUT2D eigenvalue weighted by Crippen LogP contribution is -2.13. The summed E-state index contributed by atoms with van der Waals surface area (Å²) in [5.74, 6) is 0. The van der Waals surface area contributed by atoms with Gasteiger partial charge in [-0.3, -0.25) is 4.72 Å². The van der Waals surface area contributed by atoms with E-state index in [2.05, 4.69) is 9.71 Å². The summed E-state index contributed by atoms with van der Waals surface area (Å²) in [7, 11) is -3.58. The number of hydrogen-bond donors (Lipinski definition) is 2. The highest BCUT2D eigenvalue weighted by atomic mass is 32.2. The van der Waals surface area contributed by atoms with Gasteiger partial charge < -0.3 is 4.98 Å². The van der Waals surface area contributed by atoms with Crippen molar-refractivity contribution in [3.8, 4) is 0 Å². The Balaban J connectivity index is 1.97. The predicted octanol–water partition coefficient (Wildman–Crippen LogP) is 3.59. The Kier molecular flexibility index (Phi) is 3.22. The number of benzene rings is 2. The third-order valence-corrected chi connectivity index (χ3v) is 4.97. The minimum atomic E-state index is -3.58. The third-order valence-electron chi connectivity index (χ3n) is 3.59. The molecule has 1 heterocycles. The Hall–Kier alpha value is -2.27. The number of anilines is 1. The lowest BCUT2D eigenvalue weighted by atomic mass is 10.1. The van der Waals surface area contributed by atoms with Crippen LogP contribution in [0.25, 0.3) is 10.9 Å². The van der Waals surface area contributed by atoms with Crippen LogP contribution < -0.4 is 4.72 Å². The molecule has 0 atom stereocenters. The highest BCUT2D eigenvalue weighted by Crippen LogP contribution is 2.22. The summed E-state index contributed by atoms with van der Waals surface area (Å²) in [6.45, 7) is 3.95. The van der Waals surface area contributed by atoms with Crippen molar-refractivity contribution in [2.24, 2.45) is 0 Å². The van der Waals surface area contributed by atoms with Gasteiger partial charge in [0, 0.05) is 22.8 Å². The molecule has 4 nitrogen and oxygen atoms in total. The molecule has 3 rings (SSSR count). The zero-order valence-corrected chi connectivity index (χ0v) is 12.7. The highest BCUT2D eigenvalue weighted by Gasteiger charge is 2.15. The van der Waals surface area contributed by atoms with Crippen molar-refractivity contribution in [2.75, 3.05) is 4.72 Å². The number of aromatic nitrogens is 1. The second-order valence-electron chi connectivity index (χ2n) is 5.13. The van der Waals surface area contributed by atoms with E-state index in [-0.39, 0.29) is 4.90 Å². The zero-order valence-electron chi connectivity index (χ0n) is 11.8. The Bertz CT molecular complexity index is 911. The summed E-state index contributed by atoms with van der Waals surface area (Å²) in [5, 5.41) is 0.873. The molecule has 0 saturated carbocycles. The second-order valence-corrected chi connectivity index (χ2v) is 6.81. The minimum absolute atomic E-state index is 0.257. The Labute approximate surface area is 123 Å². The monoisotopic (exact) mass is 300 g/mol. The van der Waals surface area contributed by atoms with Crippen molar-refractivity contribution >= 4 is 26.6 Å². The van der Waals surface area contributed by atoms with Crippen LogP contribution in [0.5, 0.6) is 0 Å². The number of aromatic amines is 1. The number of aryl methyl sites for hydroxylation is 2. The minimum Gasteiger partial charge on any atom is -0.361 e. The van der Waals surface area contributed by atoms with Crippen LogP contribution in [0.4, 0.5) is 5.69 Å². The van der Waals surface area contributed by atoms with E-state index in [1.807, 2.05) is 32.0 Å². The molecule has 0 spiro atoms. The molecule has 5 heteroatoms. The fraction of sp³-hybridized carbons (Fsp3) is 0.125. The maximum atomic E-state index is 12.4. The summed E-state index contributed by atoms with van der Waals surface area (Å²) >= 11 is 0. The molecule has 0 bridgehead atoms. The molecular weight excluding hydrogens is 284 g/mol. The van der Waals surface area contributed by atoms with E-state index in [1.165, 1.54) is 0 Å². The van der Waals surface area contributed by atoms with E-state index < -0.39 is 10.0 Å². The fourth-order valence-electron chi connectivity index (χ4n) is 2.22. The van der Waals surface area contributed by atoms with Gasteiger partial charge in [-0.25, -0.2) is 8.42 Å². The van der Waals surface area contributed by atoms with Crippen LogP contribution in [-0.2, 0) is 10.0 Å². The van der Waals surface area contributed by atoms with Crippen LogP contribution in [0, 0.1) is 13.8 Å². The number of nitrogens with one attached hydrogen (secondary N) is 2. The Morgan fingerprint density at radius 1 is 0.952 bits per heavy atom. The van der Waals surface area contributed by atoms with Gasteiger partial charge in [-0.15, -0.1) is 0 Å². The molecule has 0 saturated heterocycles. The molecule has 0 aliphatic carbocycles. The molecule has 0 radical (unpaired) electrons. The first-order valence-electron chi connectivity index (χ1n) is 6.63. The number of hydrogen-bond acceptors (Lipinski definition) is 2. The first kappa shape index (κ1) is 13.7. The van der Waals surface area contributed by atoms with Gasteiger partial charge >= 0.3 is 0 Å². The topological polar surface area (TPSA) is 62.0 Å². The number of sulfonamides is 1. The molecule has 0 fully saturated rings. The van der Waals surface area contributed by atoms with Gasteiger partial charge in [0.05, 0.1) is 4.90 Å². The molecule has 21 heavy (non-hydrogen) atoms. The van der Waals surface area contributed by atoms with Crippen molar-refractivity contribution in [2.45, 2.75) is 18.7 Å². The van der Waals surface area contributed by atoms with E-state index in [9.17, 15) is 8.42 Å². The Morgan fingerprint density at radius 2 is 1.76 bits per heavy atom. The lowest BCUT2D eigenvalue weighted by molar-refractivity contribution is 0.601. The molecule has 2 aromatic carbocycles. The van der Waals surface area contributed by atoms with Gasteiger partial charge in [-0.1, -0.05) is 6.07 Å². The van der Waals surface area contributed by atoms with E-state index in [0.29, 0.717) is 5.69 Å². The average molecular weight is 300 g/mol. The van der Waals surface area contributed by atoms with Crippen molar-refractivity contribution in [1.82, 2.24) is 4.98 Å². The quantitative estimate of drug-likeness (QED) is 0.776. The van der Waals surface area contributed by atoms with Crippen molar-refractivity contribution < 1.29 is 8.42 Å². The fourth-order valence-corrected chi connectivity index (χ4v) is 3.30. The lowest BCUT2D eigenvalue weighted by Gasteiger charge is -2.10. The van der Waals surface area contributed by atoms with Crippen molar-refractivity contribution in [3.05, 3.63) is 59.8 Å². The summed E-state index contributed by atoms with van der Waals surface area (Å²) in [6.07, 6.45) is 1.79. The van der Waals surface area contributed by atoms with Crippen LogP contribution in [-0.4, -0.2) is 13.4 Å². The van der Waals surface area contributed by atoms with Crippen molar-refractivity contribution in [1.29, 1.82) is 0 Å².